The van der Waals surface area contributed by atoms with Gasteiger partial charge in [-0.1, -0.05) is 18.5 Å². The average Bonchev–Trinajstić information content (AvgIpc) is 2.16. The van der Waals surface area contributed by atoms with Gasteiger partial charge in [-0.2, -0.15) is 0 Å². The predicted octanol–water partition coefficient (Wildman–Crippen LogP) is 2.40. The third-order valence-electron chi connectivity index (χ3n) is 1.96. The van der Waals surface area contributed by atoms with Crippen molar-refractivity contribution in [1.82, 2.24) is 0 Å². The van der Waals surface area contributed by atoms with Crippen molar-refractivity contribution in [2.24, 2.45) is 0 Å². The van der Waals surface area contributed by atoms with Gasteiger partial charge < -0.3 is 9.84 Å². The maximum Gasteiger partial charge on any atom is 0.142 e. The highest BCUT2D eigenvalue weighted by atomic mass is 35.5. The molecule has 0 heterocycles. The smallest absolute Gasteiger partial charge is 0.142 e. The van der Waals surface area contributed by atoms with Crippen LogP contribution in [0.3, 0.4) is 0 Å². The number of rotatable bonds is 3. The highest BCUT2D eigenvalue weighted by Crippen LogP contribution is 2.30. The lowest BCUT2D eigenvalue weighted by atomic mass is 10.1. The SMILES string of the molecule is CCc1cc(Cl)c(OC)c(CO)c1. The molecule has 0 spiro atoms. The fraction of sp³-hybridized carbons (Fsp3) is 0.400. The molecule has 0 unspecified atom stereocenters. The zero-order chi connectivity index (χ0) is 9.84. The van der Waals surface area contributed by atoms with E-state index in [1.807, 2.05) is 19.1 Å². The first-order valence-corrected chi connectivity index (χ1v) is 4.56. The van der Waals surface area contributed by atoms with Gasteiger partial charge in [-0.25, -0.2) is 0 Å². The van der Waals surface area contributed by atoms with E-state index in [1.165, 1.54) is 0 Å². The molecule has 1 N–H and O–H groups in total. The zero-order valence-electron chi connectivity index (χ0n) is 7.80. The monoisotopic (exact) mass is 200 g/mol. The molecule has 0 amide bonds. The van der Waals surface area contributed by atoms with Crippen LogP contribution in [0.5, 0.6) is 5.75 Å². The summed E-state index contributed by atoms with van der Waals surface area (Å²) in [5.41, 5.74) is 1.85. The fourth-order valence-corrected chi connectivity index (χ4v) is 1.60. The third-order valence-corrected chi connectivity index (χ3v) is 2.24. The Morgan fingerprint density at radius 3 is 2.62 bits per heavy atom. The number of methoxy groups -OCH3 is 1. The minimum atomic E-state index is -0.0449. The standard InChI is InChI=1S/C10H13ClO2/c1-3-7-4-8(6-12)10(13-2)9(11)5-7/h4-5,12H,3,6H2,1-2H3. The van der Waals surface area contributed by atoms with Gasteiger partial charge >= 0.3 is 0 Å². The molecule has 0 aromatic heterocycles. The summed E-state index contributed by atoms with van der Waals surface area (Å²) in [5, 5.41) is 9.62. The Labute approximate surface area is 83.1 Å². The van der Waals surface area contributed by atoms with Crippen molar-refractivity contribution in [3.8, 4) is 5.75 Å². The Bertz CT molecular complexity index is 297. The van der Waals surface area contributed by atoms with Gasteiger partial charge in [0.1, 0.15) is 5.75 Å². The first-order chi connectivity index (χ1) is 6.22. The van der Waals surface area contributed by atoms with Crippen molar-refractivity contribution in [2.45, 2.75) is 20.0 Å². The molecule has 1 aromatic rings. The highest BCUT2D eigenvalue weighted by molar-refractivity contribution is 6.32. The molecule has 72 valence electrons. The summed E-state index contributed by atoms with van der Waals surface area (Å²) in [5.74, 6) is 0.571. The number of aryl methyl sites for hydroxylation is 1. The third kappa shape index (κ3) is 2.14. The van der Waals surface area contributed by atoms with Crippen molar-refractivity contribution in [3.05, 3.63) is 28.3 Å². The summed E-state index contributed by atoms with van der Waals surface area (Å²) >= 11 is 5.96. The maximum absolute atomic E-state index is 9.06. The summed E-state index contributed by atoms with van der Waals surface area (Å²) in [7, 11) is 1.55. The fourth-order valence-electron chi connectivity index (χ4n) is 1.26. The normalized spacial score (nSPS) is 10.2. The number of ether oxygens (including phenoxy) is 1. The van der Waals surface area contributed by atoms with Gasteiger partial charge in [0, 0.05) is 5.56 Å². The Kier molecular flexibility index (Phi) is 3.58. The van der Waals surface area contributed by atoms with Gasteiger partial charge in [0.2, 0.25) is 0 Å². The van der Waals surface area contributed by atoms with Crippen molar-refractivity contribution in [2.75, 3.05) is 7.11 Å². The second kappa shape index (κ2) is 4.49. The average molecular weight is 201 g/mol. The summed E-state index contributed by atoms with van der Waals surface area (Å²) in [6.07, 6.45) is 0.900. The van der Waals surface area contributed by atoms with Crippen LogP contribution in [0.25, 0.3) is 0 Å². The van der Waals surface area contributed by atoms with Crippen molar-refractivity contribution < 1.29 is 9.84 Å². The van der Waals surface area contributed by atoms with Gasteiger partial charge in [0.15, 0.2) is 0 Å². The summed E-state index contributed by atoms with van der Waals surface area (Å²) in [6, 6.07) is 3.77. The first kappa shape index (κ1) is 10.4. The van der Waals surface area contributed by atoms with Gasteiger partial charge in [-0.15, -0.1) is 0 Å². The van der Waals surface area contributed by atoms with Gasteiger partial charge in [-0.3, -0.25) is 0 Å². The quantitative estimate of drug-likeness (QED) is 0.812. The summed E-state index contributed by atoms with van der Waals surface area (Å²) in [6.45, 7) is 2.00. The van der Waals surface area contributed by atoms with Crippen LogP contribution in [0.15, 0.2) is 12.1 Å². The first-order valence-electron chi connectivity index (χ1n) is 4.19. The van der Waals surface area contributed by atoms with Crippen LogP contribution in [-0.2, 0) is 13.0 Å². The van der Waals surface area contributed by atoms with E-state index in [2.05, 4.69) is 0 Å². The highest BCUT2D eigenvalue weighted by Gasteiger charge is 2.08. The second-order valence-electron chi connectivity index (χ2n) is 2.78. The van der Waals surface area contributed by atoms with E-state index in [1.54, 1.807) is 7.11 Å². The molecule has 1 aromatic carbocycles. The number of hydrogen-bond donors (Lipinski definition) is 1. The molecule has 0 radical (unpaired) electrons. The van der Waals surface area contributed by atoms with Gasteiger partial charge in [0.05, 0.1) is 18.7 Å². The molecule has 3 heteroatoms. The molecule has 0 aliphatic heterocycles. The van der Waals surface area contributed by atoms with Gasteiger partial charge in [0.25, 0.3) is 0 Å². The molecule has 0 atom stereocenters. The molecular weight excluding hydrogens is 188 g/mol. The summed E-state index contributed by atoms with van der Waals surface area (Å²) < 4.78 is 5.07. The largest absolute Gasteiger partial charge is 0.495 e. The van der Waals surface area contributed by atoms with Crippen LogP contribution < -0.4 is 4.74 Å². The lowest BCUT2D eigenvalue weighted by Crippen LogP contribution is -1.95. The van der Waals surface area contributed by atoms with E-state index >= 15 is 0 Å². The van der Waals surface area contributed by atoms with Crippen LogP contribution in [0.2, 0.25) is 5.02 Å². The van der Waals surface area contributed by atoms with Crippen molar-refractivity contribution in [1.29, 1.82) is 0 Å². The van der Waals surface area contributed by atoms with Crippen molar-refractivity contribution >= 4 is 11.6 Å². The van der Waals surface area contributed by atoms with E-state index in [4.69, 9.17) is 21.4 Å². The molecule has 0 aliphatic carbocycles. The van der Waals surface area contributed by atoms with Crippen LogP contribution in [0.1, 0.15) is 18.1 Å². The van der Waals surface area contributed by atoms with E-state index in [0.29, 0.717) is 10.8 Å². The molecule has 0 bridgehead atoms. The molecule has 2 nitrogen and oxygen atoms in total. The summed E-state index contributed by atoms with van der Waals surface area (Å²) in [4.78, 5) is 0. The lowest BCUT2D eigenvalue weighted by Gasteiger charge is -2.10. The number of halogens is 1. The Morgan fingerprint density at radius 2 is 2.15 bits per heavy atom. The maximum atomic E-state index is 9.06. The van der Waals surface area contributed by atoms with Crippen molar-refractivity contribution in [3.63, 3.8) is 0 Å². The number of aliphatic hydroxyl groups excluding tert-OH is 1. The Hall–Kier alpha value is -0.730. The topological polar surface area (TPSA) is 29.5 Å². The zero-order valence-corrected chi connectivity index (χ0v) is 8.56. The minimum absolute atomic E-state index is 0.0449. The van der Waals surface area contributed by atoms with E-state index in [9.17, 15) is 0 Å². The van der Waals surface area contributed by atoms with E-state index in [-0.39, 0.29) is 6.61 Å². The number of aliphatic hydroxyl groups is 1. The van der Waals surface area contributed by atoms with Gasteiger partial charge in [-0.05, 0) is 24.1 Å². The molecule has 1 rings (SSSR count). The minimum Gasteiger partial charge on any atom is -0.495 e. The van der Waals surface area contributed by atoms with Crippen LogP contribution in [-0.4, -0.2) is 12.2 Å². The van der Waals surface area contributed by atoms with Crippen LogP contribution >= 0.6 is 11.6 Å². The molecule has 0 fully saturated rings. The van der Waals surface area contributed by atoms with Crippen LogP contribution in [0.4, 0.5) is 0 Å². The molecule has 0 aliphatic rings. The van der Waals surface area contributed by atoms with E-state index in [0.717, 1.165) is 17.5 Å². The molecule has 0 saturated carbocycles. The molecular formula is C10H13ClO2. The lowest BCUT2D eigenvalue weighted by molar-refractivity contribution is 0.273. The molecule has 0 saturated heterocycles. The molecule has 13 heavy (non-hydrogen) atoms. The second-order valence-corrected chi connectivity index (χ2v) is 3.19. The number of hydrogen-bond acceptors (Lipinski definition) is 2. The number of benzene rings is 1. The predicted molar refractivity (Wildman–Crippen MR) is 53.3 cm³/mol. The Balaban J connectivity index is 3.20. The van der Waals surface area contributed by atoms with E-state index < -0.39 is 0 Å². The van der Waals surface area contributed by atoms with Crippen LogP contribution in [0, 0.1) is 0 Å². The Morgan fingerprint density at radius 1 is 1.46 bits per heavy atom.